The summed E-state index contributed by atoms with van der Waals surface area (Å²) in [6, 6.07) is 5.93. The molecule has 4 nitrogen and oxygen atoms in total. The first-order chi connectivity index (χ1) is 10.1. The van der Waals surface area contributed by atoms with Gasteiger partial charge in [0.15, 0.2) is 0 Å². The first kappa shape index (κ1) is 14.6. The van der Waals surface area contributed by atoms with E-state index in [9.17, 15) is 5.11 Å². The lowest BCUT2D eigenvalue weighted by Gasteiger charge is -2.23. The highest BCUT2D eigenvalue weighted by molar-refractivity contribution is 9.10. The second-order valence-corrected chi connectivity index (χ2v) is 6.28. The van der Waals surface area contributed by atoms with E-state index in [1.807, 2.05) is 36.9 Å². The predicted molar refractivity (Wildman–Crippen MR) is 84.3 cm³/mol. The van der Waals surface area contributed by atoms with Crippen LogP contribution in [0.1, 0.15) is 41.5 Å². The molecule has 2 aromatic rings. The third-order valence-electron chi connectivity index (χ3n) is 4.06. The zero-order valence-corrected chi connectivity index (χ0v) is 13.9. The molecule has 0 amide bonds. The molecule has 0 radical (unpaired) electrons. The van der Waals surface area contributed by atoms with Crippen LogP contribution in [0.5, 0.6) is 5.75 Å². The van der Waals surface area contributed by atoms with Crippen molar-refractivity contribution >= 4 is 15.9 Å². The Bertz CT molecular complexity index is 667. The highest BCUT2D eigenvalue weighted by atomic mass is 79.9. The summed E-state index contributed by atoms with van der Waals surface area (Å²) in [5, 5.41) is 14.5. The standard InChI is InChI=1S/C16H19BrN2O2/c1-10-16(17)13(19(2)18-10)9-21-15-8-4-5-11-12(15)6-3-7-14(11)20/h4-5,8,14,20H,3,6-7,9H2,1-2H3. The quantitative estimate of drug-likeness (QED) is 0.922. The number of halogens is 1. The summed E-state index contributed by atoms with van der Waals surface area (Å²) in [5.41, 5.74) is 4.13. The third-order valence-corrected chi connectivity index (χ3v) is 5.09. The Morgan fingerprint density at radius 1 is 1.48 bits per heavy atom. The molecule has 1 aliphatic rings. The van der Waals surface area contributed by atoms with Gasteiger partial charge in [0.2, 0.25) is 0 Å². The molecule has 1 aromatic heterocycles. The molecule has 1 unspecified atom stereocenters. The maximum absolute atomic E-state index is 10.1. The number of rotatable bonds is 3. The number of hydrogen-bond acceptors (Lipinski definition) is 3. The van der Waals surface area contributed by atoms with Gasteiger partial charge in [0.1, 0.15) is 12.4 Å². The molecule has 1 aliphatic carbocycles. The number of aliphatic hydroxyl groups is 1. The van der Waals surface area contributed by atoms with Crippen LogP contribution in [-0.4, -0.2) is 14.9 Å². The van der Waals surface area contributed by atoms with E-state index < -0.39 is 0 Å². The Kier molecular flexibility index (Phi) is 4.04. The van der Waals surface area contributed by atoms with Gasteiger partial charge < -0.3 is 9.84 Å². The summed E-state index contributed by atoms with van der Waals surface area (Å²) in [6.45, 7) is 2.43. The van der Waals surface area contributed by atoms with Crippen molar-refractivity contribution in [3.05, 3.63) is 45.2 Å². The molecule has 0 bridgehead atoms. The van der Waals surface area contributed by atoms with E-state index in [0.717, 1.165) is 52.0 Å². The van der Waals surface area contributed by atoms with Crippen LogP contribution in [0.3, 0.4) is 0 Å². The van der Waals surface area contributed by atoms with Gasteiger partial charge in [-0.15, -0.1) is 0 Å². The fraction of sp³-hybridized carbons (Fsp3) is 0.438. The number of benzene rings is 1. The van der Waals surface area contributed by atoms with Gasteiger partial charge in [-0.2, -0.15) is 5.10 Å². The maximum atomic E-state index is 10.1. The normalized spacial score (nSPS) is 17.6. The van der Waals surface area contributed by atoms with Gasteiger partial charge in [-0.1, -0.05) is 12.1 Å². The smallest absolute Gasteiger partial charge is 0.131 e. The van der Waals surface area contributed by atoms with Crippen LogP contribution in [0.2, 0.25) is 0 Å². The van der Waals surface area contributed by atoms with E-state index in [1.165, 1.54) is 0 Å². The number of hydrogen-bond donors (Lipinski definition) is 1. The number of ether oxygens (including phenoxy) is 1. The van der Waals surface area contributed by atoms with Gasteiger partial charge in [-0.05, 0) is 59.3 Å². The molecular weight excluding hydrogens is 332 g/mol. The van der Waals surface area contributed by atoms with Crippen molar-refractivity contribution in [3.63, 3.8) is 0 Å². The van der Waals surface area contributed by atoms with Gasteiger partial charge in [0.25, 0.3) is 0 Å². The average Bonchev–Trinajstić information content (AvgIpc) is 2.71. The zero-order chi connectivity index (χ0) is 15.0. The molecule has 3 rings (SSSR count). The van der Waals surface area contributed by atoms with Crippen molar-refractivity contribution in [1.29, 1.82) is 0 Å². The summed E-state index contributed by atoms with van der Waals surface area (Å²) in [4.78, 5) is 0. The SMILES string of the molecule is Cc1nn(C)c(COc2cccc3c2CCCC3O)c1Br. The Morgan fingerprint density at radius 2 is 2.29 bits per heavy atom. The Balaban J connectivity index is 1.84. The van der Waals surface area contributed by atoms with Gasteiger partial charge >= 0.3 is 0 Å². The largest absolute Gasteiger partial charge is 0.487 e. The van der Waals surface area contributed by atoms with Crippen molar-refractivity contribution in [1.82, 2.24) is 9.78 Å². The van der Waals surface area contributed by atoms with E-state index in [1.54, 1.807) is 0 Å². The van der Waals surface area contributed by atoms with Crippen LogP contribution in [0, 0.1) is 6.92 Å². The van der Waals surface area contributed by atoms with Crippen LogP contribution < -0.4 is 4.74 Å². The Labute approximate surface area is 132 Å². The number of fused-ring (bicyclic) bond motifs is 1. The van der Waals surface area contributed by atoms with Gasteiger partial charge in [-0.3, -0.25) is 4.68 Å². The number of aryl methyl sites for hydroxylation is 2. The van der Waals surface area contributed by atoms with Gasteiger partial charge in [0.05, 0.1) is 22.0 Å². The molecule has 1 aromatic carbocycles. The summed E-state index contributed by atoms with van der Waals surface area (Å²) in [5.74, 6) is 0.872. The average molecular weight is 351 g/mol. The topological polar surface area (TPSA) is 47.3 Å². The summed E-state index contributed by atoms with van der Waals surface area (Å²) >= 11 is 3.56. The van der Waals surface area contributed by atoms with Gasteiger partial charge in [-0.25, -0.2) is 0 Å². The molecule has 1 N–H and O–H groups in total. The molecule has 0 saturated carbocycles. The second kappa shape index (κ2) is 5.81. The van der Waals surface area contributed by atoms with Crippen LogP contribution in [0.4, 0.5) is 0 Å². The molecule has 0 saturated heterocycles. The molecule has 5 heteroatoms. The van der Waals surface area contributed by atoms with E-state index in [2.05, 4.69) is 21.0 Å². The highest BCUT2D eigenvalue weighted by Crippen LogP contribution is 2.35. The number of aliphatic hydroxyl groups excluding tert-OH is 1. The lowest BCUT2D eigenvalue weighted by molar-refractivity contribution is 0.155. The molecule has 1 atom stereocenters. The second-order valence-electron chi connectivity index (χ2n) is 5.49. The molecule has 21 heavy (non-hydrogen) atoms. The van der Waals surface area contributed by atoms with Crippen molar-refractivity contribution in [2.24, 2.45) is 7.05 Å². The lowest BCUT2D eigenvalue weighted by atomic mass is 9.89. The molecule has 0 spiro atoms. The van der Waals surface area contributed by atoms with Crippen LogP contribution in [0.25, 0.3) is 0 Å². The fourth-order valence-electron chi connectivity index (χ4n) is 2.91. The molecule has 0 fully saturated rings. The van der Waals surface area contributed by atoms with E-state index >= 15 is 0 Å². The van der Waals surface area contributed by atoms with Crippen LogP contribution >= 0.6 is 15.9 Å². The summed E-state index contributed by atoms with van der Waals surface area (Å²) < 4.78 is 8.84. The summed E-state index contributed by atoms with van der Waals surface area (Å²) in [6.07, 6.45) is 2.45. The van der Waals surface area contributed by atoms with E-state index in [4.69, 9.17) is 4.74 Å². The Hall–Kier alpha value is -1.33. The first-order valence-corrected chi connectivity index (χ1v) is 7.98. The number of nitrogens with zero attached hydrogens (tertiary/aromatic N) is 2. The third kappa shape index (κ3) is 2.72. The highest BCUT2D eigenvalue weighted by Gasteiger charge is 2.21. The monoisotopic (exact) mass is 350 g/mol. The minimum absolute atomic E-state index is 0.358. The van der Waals surface area contributed by atoms with Crippen molar-refractivity contribution in [2.75, 3.05) is 0 Å². The van der Waals surface area contributed by atoms with E-state index in [0.29, 0.717) is 6.61 Å². The minimum atomic E-state index is -0.358. The molecule has 0 aliphatic heterocycles. The zero-order valence-electron chi connectivity index (χ0n) is 12.3. The summed E-state index contributed by atoms with van der Waals surface area (Å²) in [7, 11) is 1.92. The maximum Gasteiger partial charge on any atom is 0.131 e. The van der Waals surface area contributed by atoms with E-state index in [-0.39, 0.29) is 6.10 Å². The Morgan fingerprint density at radius 3 is 3.00 bits per heavy atom. The first-order valence-electron chi connectivity index (χ1n) is 7.18. The molecule has 112 valence electrons. The van der Waals surface area contributed by atoms with Crippen molar-refractivity contribution in [3.8, 4) is 5.75 Å². The fourth-order valence-corrected chi connectivity index (χ4v) is 3.36. The predicted octanol–water partition coefficient (Wildman–Crippen LogP) is 3.44. The van der Waals surface area contributed by atoms with Crippen LogP contribution in [0.15, 0.2) is 22.7 Å². The lowest BCUT2D eigenvalue weighted by Crippen LogP contribution is -2.11. The molecular formula is C16H19BrN2O2. The van der Waals surface area contributed by atoms with Gasteiger partial charge in [0, 0.05) is 7.05 Å². The minimum Gasteiger partial charge on any atom is -0.487 e. The number of aromatic nitrogens is 2. The van der Waals surface area contributed by atoms with Crippen LogP contribution in [-0.2, 0) is 20.1 Å². The molecule has 1 heterocycles. The van der Waals surface area contributed by atoms with Crippen molar-refractivity contribution < 1.29 is 9.84 Å². The van der Waals surface area contributed by atoms with Crippen molar-refractivity contribution in [2.45, 2.75) is 38.9 Å².